The number of carbonyl (C=O) groups excluding carboxylic acids is 1. The average molecular weight is 406 g/mol. The zero-order chi connectivity index (χ0) is 20.4. The number of aryl methyl sites for hydroxylation is 1. The smallest absolute Gasteiger partial charge is 0.292 e. The molecule has 0 saturated carbocycles. The van der Waals surface area contributed by atoms with Gasteiger partial charge in [0.15, 0.2) is 5.76 Å². The van der Waals surface area contributed by atoms with Gasteiger partial charge in [-0.2, -0.15) is 5.10 Å². The van der Waals surface area contributed by atoms with Crippen LogP contribution in [0.1, 0.15) is 16.2 Å². The number of hydrogen-bond acceptors (Lipinski definition) is 4. The van der Waals surface area contributed by atoms with Crippen molar-refractivity contribution in [3.05, 3.63) is 99.7 Å². The molecule has 144 valence electrons. The highest BCUT2D eigenvalue weighted by Crippen LogP contribution is 2.32. The van der Waals surface area contributed by atoms with Gasteiger partial charge in [0.25, 0.3) is 5.91 Å². The number of nitrogens with one attached hydrogen (secondary N) is 1. The predicted molar refractivity (Wildman–Crippen MR) is 112 cm³/mol. The molecule has 0 aliphatic carbocycles. The highest BCUT2D eigenvalue weighted by atomic mass is 35.5. The molecular formula is C22H16ClN3O3. The van der Waals surface area contributed by atoms with Crippen molar-refractivity contribution in [3.8, 4) is 16.8 Å². The second kappa shape index (κ2) is 7.77. The van der Waals surface area contributed by atoms with E-state index in [9.17, 15) is 9.59 Å². The molecule has 4 aromatic rings. The molecule has 0 saturated heterocycles. The third kappa shape index (κ3) is 3.58. The second-order valence-corrected chi connectivity index (χ2v) is 6.70. The van der Waals surface area contributed by atoms with Gasteiger partial charge in [-0.25, -0.2) is 4.68 Å². The fourth-order valence-electron chi connectivity index (χ4n) is 3.00. The number of hydrogen-bond donors (Lipinski definition) is 1. The van der Waals surface area contributed by atoms with Crippen LogP contribution in [0.15, 0.2) is 82.2 Å². The number of carbonyl (C=O) groups is 1. The average Bonchev–Trinajstić information content (AvgIpc) is 3.27. The summed E-state index contributed by atoms with van der Waals surface area (Å²) in [7, 11) is 0. The highest BCUT2D eigenvalue weighted by molar-refractivity contribution is 6.33. The Balaban J connectivity index is 2.01. The molecule has 0 radical (unpaired) electrons. The molecule has 1 amide bonds. The molecule has 0 spiro atoms. The molecule has 2 aromatic carbocycles. The van der Waals surface area contributed by atoms with Gasteiger partial charge < -0.3 is 9.73 Å². The normalized spacial score (nSPS) is 10.7. The second-order valence-electron chi connectivity index (χ2n) is 6.30. The standard InChI is InChI=1S/C22H16ClN3O3/c1-14-20(27)19(16-10-5-6-11-17(16)23)21(24-22(28)18-12-7-13-29-18)26(25-14)15-8-3-2-4-9-15/h2-13H,1H3,(H,24,28). The zero-order valence-corrected chi connectivity index (χ0v) is 16.2. The molecule has 6 nitrogen and oxygen atoms in total. The fraction of sp³-hybridized carbons (Fsp3) is 0.0455. The van der Waals surface area contributed by atoms with Crippen LogP contribution in [-0.4, -0.2) is 15.7 Å². The molecule has 2 heterocycles. The monoisotopic (exact) mass is 405 g/mol. The zero-order valence-electron chi connectivity index (χ0n) is 15.4. The molecule has 0 aliphatic rings. The van der Waals surface area contributed by atoms with E-state index in [0.29, 0.717) is 16.3 Å². The van der Waals surface area contributed by atoms with E-state index in [1.165, 1.54) is 17.0 Å². The van der Waals surface area contributed by atoms with Crippen molar-refractivity contribution in [1.29, 1.82) is 0 Å². The van der Waals surface area contributed by atoms with Gasteiger partial charge in [0, 0.05) is 10.6 Å². The molecule has 2 aromatic heterocycles. The summed E-state index contributed by atoms with van der Waals surface area (Å²) in [6, 6.07) is 19.3. The van der Waals surface area contributed by atoms with Crippen LogP contribution in [0.5, 0.6) is 0 Å². The van der Waals surface area contributed by atoms with Crippen LogP contribution in [-0.2, 0) is 0 Å². The molecule has 0 bridgehead atoms. The predicted octanol–water partition coefficient (Wildman–Crippen LogP) is 4.71. The van der Waals surface area contributed by atoms with Gasteiger partial charge in [-0.05, 0) is 37.3 Å². The number of anilines is 1. The lowest BCUT2D eigenvalue weighted by atomic mass is 10.0. The van der Waals surface area contributed by atoms with E-state index in [-0.39, 0.29) is 28.3 Å². The van der Waals surface area contributed by atoms with E-state index in [0.717, 1.165) is 0 Å². The SMILES string of the molecule is Cc1nn(-c2ccccc2)c(NC(=O)c2ccco2)c(-c2ccccc2Cl)c1=O. The van der Waals surface area contributed by atoms with E-state index in [4.69, 9.17) is 16.0 Å². The maximum absolute atomic E-state index is 13.1. The minimum absolute atomic E-state index is 0.114. The Morgan fingerprint density at radius 1 is 1.03 bits per heavy atom. The highest BCUT2D eigenvalue weighted by Gasteiger charge is 2.22. The van der Waals surface area contributed by atoms with Gasteiger partial charge in [-0.3, -0.25) is 9.59 Å². The van der Waals surface area contributed by atoms with Crippen LogP contribution in [0, 0.1) is 6.92 Å². The van der Waals surface area contributed by atoms with Gasteiger partial charge in [-0.15, -0.1) is 0 Å². The number of amides is 1. The largest absolute Gasteiger partial charge is 0.459 e. The molecule has 0 fully saturated rings. The maximum atomic E-state index is 13.1. The molecule has 0 aliphatic heterocycles. The van der Waals surface area contributed by atoms with Gasteiger partial charge >= 0.3 is 0 Å². The minimum Gasteiger partial charge on any atom is -0.459 e. The van der Waals surface area contributed by atoms with Gasteiger partial charge in [-0.1, -0.05) is 48.0 Å². The third-order valence-corrected chi connectivity index (χ3v) is 4.70. The number of rotatable bonds is 4. The van der Waals surface area contributed by atoms with E-state index in [1.54, 1.807) is 37.3 Å². The fourth-order valence-corrected chi connectivity index (χ4v) is 3.23. The van der Waals surface area contributed by atoms with Crippen molar-refractivity contribution in [2.24, 2.45) is 0 Å². The summed E-state index contributed by atoms with van der Waals surface area (Å²) < 4.78 is 6.71. The number of aromatic nitrogens is 2. The Bertz CT molecular complexity index is 1230. The van der Waals surface area contributed by atoms with Gasteiger partial charge in [0.2, 0.25) is 5.43 Å². The van der Waals surface area contributed by atoms with Crippen molar-refractivity contribution in [2.45, 2.75) is 6.92 Å². The lowest BCUT2D eigenvalue weighted by Crippen LogP contribution is -2.24. The van der Waals surface area contributed by atoms with Crippen molar-refractivity contribution >= 4 is 23.3 Å². The lowest BCUT2D eigenvalue weighted by molar-refractivity contribution is 0.0996. The maximum Gasteiger partial charge on any atom is 0.292 e. The summed E-state index contributed by atoms with van der Waals surface area (Å²) in [6.45, 7) is 1.63. The molecule has 7 heteroatoms. The number of para-hydroxylation sites is 1. The topological polar surface area (TPSA) is 77.1 Å². The first-order valence-electron chi connectivity index (χ1n) is 8.85. The molecule has 0 atom stereocenters. The number of nitrogens with zero attached hydrogens (tertiary/aromatic N) is 2. The summed E-state index contributed by atoms with van der Waals surface area (Å²) in [5, 5.41) is 7.58. The Morgan fingerprint density at radius 2 is 1.76 bits per heavy atom. The van der Waals surface area contributed by atoms with Gasteiger partial charge in [0.1, 0.15) is 11.5 Å². The van der Waals surface area contributed by atoms with E-state index < -0.39 is 5.91 Å². The lowest BCUT2D eigenvalue weighted by Gasteiger charge is -2.18. The molecule has 29 heavy (non-hydrogen) atoms. The van der Waals surface area contributed by atoms with Crippen LogP contribution in [0.2, 0.25) is 5.02 Å². The van der Waals surface area contributed by atoms with Crippen molar-refractivity contribution < 1.29 is 9.21 Å². The van der Waals surface area contributed by atoms with Crippen molar-refractivity contribution in [1.82, 2.24) is 9.78 Å². The van der Waals surface area contributed by atoms with Crippen molar-refractivity contribution in [3.63, 3.8) is 0 Å². The molecular weight excluding hydrogens is 390 g/mol. The van der Waals surface area contributed by atoms with E-state index in [2.05, 4.69) is 10.4 Å². The van der Waals surface area contributed by atoms with Crippen LogP contribution in [0.3, 0.4) is 0 Å². The summed E-state index contributed by atoms with van der Waals surface area (Å²) in [5.74, 6) is -0.179. The quantitative estimate of drug-likeness (QED) is 0.533. The molecule has 1 N–H and O–H groups in total. The first-order valence-corrected chi connectivity index (χ1v) is 9.23. The number of benzene rings is 2. The first-order chi connectivity index (χ1) is 14.1. The minimum atomic E-state index is -0.502. The Hall–Kier alpha value is -3.64. The van der Waals surface area contributed by atoms with E-state index in [1.807, 2.05) is 30.3 Å². The summed E-state index contributed by atoms with van der Waals surface area (Å²) in [4.78, 5) is 25.8. The molecule has 0 unspecified atom stereocenters. The first kappa shape index (κ1) is 18.7. The third-order valence-electron chi connectivity index (χ3n) is 4.38. The summed E-state index contributed by atoms with van der Waals surface area (Å²) >= 11 is 6.39. The number of halogens is 1. The van der Waals surface area contributed by atoms with Crippen LogP contribution < -0.4 is 10.7 Å². The Morgan fingerprint density at radius 3 is 2.45 bits per heavy atom. The van der Waals surface area contributed by atoms with Gasteiger partial charge in [0.05, 0.1) is 17.5 Å². The number of furan rings is 1. The summed E-state index contributed by atoms with van der Waals surface area (Å²) in [5.41, 5.74) is 1.40. The van der Waals surface area contributed by atoms with E-state index >= 15 is 0 Å². The van der Waals surface area contributed by atoms with Crippen molar-refractivity contribution in [2.75, 3.05) is 5.32 Å². The van der Waals surface area contributed by atoms with Crippen LogP contribution >= 0.6 is 11.6 Å². The summed E-state index contributed by atoms with van der Waals surface area (Å²) in [6.07, 6.45) is 1.40. The van der Waals surface area contributed by atoms with Crippen LogP contribution in [0.25, 0.3) is 16.8 Å². The molecule has 4 rings (SSSR count). The Kier molecular flexibility index (Phi) is 5.01. The van der Waals surface area contributed by atoms with Crippen LogP contribution in [0.4, 0.5) is 5.82 Å². The Labute approximate surface area is 171 Å².